The van der Waals surface area contributed by atoms with E-state index in [1.54, 1.807) is 39.8 Å². The normalized spacial score (nSPS) is 13.0. The molecule has 1 aromatic rings. The maximum atomic E-state index is 13.0. The Hall–Kier alpha value is -1.58. The van der Waals surface area contributed by atoms with Crippen molar-refractivity contribution in [1.82, 2.24) is 5.32 Å². The zero-order valence-electron chi connectivity index (χ0n) is 10.6. The van der Waals surface area contributed by atoms with Gasteiger partial charge in [-0.3, -0.25) is 0 Å². The minimum atomic E-state index is -0.536. The zero-order valence-corrected chi connectivity index (χ0v) is 10.6. The number of amides is 1. The van der Waals surface area contributed by atoms with E-state index in [2.05, 4.69) is 5.32 Å². The quantitative estimate of drug-likeness (QED) is 0.858. The number of halogens is 1. The minimum Gasteiger partial charge on any atom is -0.444 e. The molecule has 0 spiro atoms. The molecule has 1 rings (SSSR count). The topological polar surface area (TPSA) is 38.3 Å². The number of hydrogen-bond acceptors (Lipinski definition) is 2. The number of nitrogens with one attached hydrogen (secondary N) is 1. The highest BCUT2D eigenvalue weighted by atomic mass is 19.1. The molecule has 4 heteroatoms. The number of ether oxygens (including phenoxy) is 1. The van der Waals surface area contributed by atoms with Crippen LogP contribution in [0.25, 0.3) is 0 Å². The van der Waals surface area contributed by atoms with Gasteiger partial charge in [0.15, 0.2) is 0 Å². The van der Waals surface area contributed by atoms with Gasteiger partial charge in [0, 0.05) is 0 Å². The molecular weight excluding hydrogens is 221 g/mol. The lowest BCUT2D eigenvalue weighted by atomic mass is 10.1. The molecule has 0 unspecified atom stereocenters. The molecule has 0 aliphatic carbocycles. The third-order valence-electron chi connectivity index (χ3n) is 2.08. The van der Waals surface area contributed by atoms with Crippen molar-refractivity contribution in [3.63, 3.8) is 0 Å². The Balaban J connectivity index is 2.61. The number of carbonyl (C=O) groups is 1. The highest BCUT2D eigenvalue weighted by molar-refractivity contribution is 5.68. The Morgan fingerprint density at radius 1 is 1.41 bits per heavy atom. The van der Waals surface area contributed by atoms with Crippen LogP contribution >= 0.6 is 0 Å². The van der Waals surface area contributed by atoms with Crippen LogP contribution in [0.15, 0.2) is 24.3 Å². The molecule has 0 aliphatic rings. The van der Waals surface area contributed by atoms with Crippen LogP contribution in [0.5, 0.6) is 0 Å². The molecule has 0 aliphatic heterocycles. The second kappa shape index (κ2) is 5.17. The summed E-state index contributed by atoms with van der Waals surface area (Å²) in [6.45, 7) is 7.15. The van der Waals surface area contributed by atoms with Crippen LogP contribution in [-0.4, -0.2) is 11.7 Å². The molecule has 1 N–H and O–H groups in total. The van der Waals surface area contributed by atoms with Crippen LogP contribution in [0.3, 0.4) is 0 Å². The predicted octanol–water partition coefficient (Wildman–Crippen LogP) is 3.41. The molecule has 0 radical (unpaired) electrons. The third kappa shape index (κ3) is 4.85. The number of rotatable bonds is 2. The first-order valence-corrected chi connectivity index (χ1v) is 5.53. The number of benzene rings is 1. The molecule has 0 saturated heterocycles. The summed E-state index contributed by atoms with van der Waals surface area (Å²) in [5.74, 6) is -0.319. The van der Waals surface area contributed by atoms with Gasteiger partial charge in [-0.15, -0.1) is 0 Å². The summed E-state index contributed by atoms with van der Waals surface area (Å²) in [4.78, 5) is 11.5. The second-order valence-electron chi connectivity index (χ2n) is 4.92. The van der Waals surface area contributed by atoms with Gasteiger partial charge in [0.2, 0.25) is 0 Å². The second-order valence-corrected chi connectivity index (χ2v) is 4.92. The summed E-state index contributed by atoms with van der Waals surface area (Å²) >= 11 is 0. The van der Waals surface area contributed by atoms with E-state index in [4.69, 9.17) is 4.74 Å². The Kier molecular flexibility index (Phi) is 4.10. The number of carbonyl (C=O) groups excluding carboxylic acids is 1. The van der Waals surface area contributed by atoms with Gasteiger partial charge >= 0.3 is 6.09 Å². The van der Waals surface area contributed by atoms with Crippen molar-refractivity contribution in [2.45, 2.75) is 39.3 Å². The summed E-state index contributed by atoms with van der Waals surface area (Å²) in [6, 6.07) is 5.83. The molecule has 0 aromatic heterocycles. The lowest BCUT2D eigenvalue weighted by Crippen LogP contribution is -2.34. The summed E-state index contributed by atoms with van der Waals surface area (Å²) in [5.41, 5.74) is 0.169. The standard InChI is InChI=1S/C13H18FNO2/c1-9(10-6-5-7-11(14)8-10)15-12(16)17-13(2,3)4/h5-9H,1-4H3,(H,15,16)/t9-/m1/s1. The van der Waals surface area contributed by atoms with Crippen LogP contribution < -0.4 is 5.32 Å². The Morgan fingerprint density at radius 2 is 2.06 bits per heavy atom. The number of alkyl carbamates (subject to hydrolysis) is 1. The molecule has 1 amide bonds. The summed E-state index contributed by atoms with van der Waals surface area (Å²) in [7, 11) is 0. The molecule has 1 aromatic carbocycles. The van der Waals surface area contributed by atoms with E-state index >= 15 is 0 Å². The lowest BCUT2D eigenvalue weighted by Gasteiger charge is -2.22. The van der Waals surface area contributed by atoms with Crippen molar-refractivity contribution in [2.24, 2.45) is 0 Å². The molecule has 3 nitrogen and oxygen atoms in total. The van der Waals surface area contributed by atoms with Gasteiger partial charge in [-0.05, 0) is 45.4 Å². The highest BCUT2D eigenvalue weighted by Gasteiger charge is 2.18. The van der Waals surface area contributed by atoms with Crippen LogP contribution in [-0.2, 0) is 4.74 Å². The van der Waals surface area contributed by atoms with Gasteiger partial charge in [0.05, 0.1) is 6.04 Å². The number of hydrogen-bond donors (Lipinski definition) is 1. The van der Waals surface area contributed by atoms with E-state index < -0.39 is 11.7 Å². The fraction of sp³-hybridized carbons (Fsp3) is 0.462. The fourth-order valence-electron chi connectivity index (χ4n) is 1.34. The van der Waals surface area contributed by atoms with Crippen molar-refractivity contribution in [3.8, 4) is 0 Å². The average Bonchev–Trinajstić information content (AvgIpc) is 2.14. The maximum absolute atomic E-state index is 13.0. The maximum Gasteiger partial charge on any atom is 0.408 e. The zero-order chi connectivity index (χ0) is 13.1. The summed E-state index contributed by atoms with van der Waals surface area (Å²) < 4.78 is 18.1. The van der Waals surface area contributed by atoms with Gasteiger partial charge in [0.25, 0.3) is 0 Å². The van der Waals surface area contributed by atoms with Crippen LogP contribution in [0, 0.1) is 5.82 Å². The minimum absolute atomic E-state index is 0.291. The van der Waals surface area contributed by atoms with E-state index in [1.165, 1.54) is 12.1 Å². The first kappa shape index (κ1) is 13.5. The largest absolute Gasteiger partial charge is 0.444 e. The molecule has 0 fully saturated rings. The molecule has 17 heavy (non-hydrogen) atoms. The molecule has 0 heterocycles. The van der Waals surface area contributed by atoms with Crippen molar-refractivity contribution >= 4 is 6.09 Å². The summed E-state index contributed by atoms with van der Waals surface area (Å²) in [5, 5.41) is 2.65. The smallest absolute Gasteiger partial charge is 0.408 e. The van der Waals surface area contributed by atoms with Gasteiger partial charge in [-0.25, -0.2) is 9.18 Å². The molecule has 94 valence electrons. The first-order valence-electron chi connectivity index (χ1n) is 5.53. The van der Waals surface area contributed by atoms with Crippen molar-refractivity contribution in [1.29, 1.82) is 0 Å². The monoisotopic (exact) mass is 239 g/mol. The van der Waals surface area contributed by atoms with E-state index in [-0.39, 0.29) is 11.9 Å². The molecule has 0 saturated carbocycles. The Labute approximate surface area is 101 Å². The predicted molar refractivity (Wildman–Crippen MR) is 64.2 cm³/mol. The SMILES string of the molecule is C[C@@H](NC(=O)OC(C)(C)C)c1cccc(F)c1. The van der Waals surface area contributed by atoms with Gasteiger partial charge in [-0.1, -0.05) is 12.1 Å². The van der Waals surface area contributed by atoms with Crippen molar-refractivity contribution in [2.75, 3.05) is 0 Å². The van der Waals surface area contributed by atoms with Crippen molar-refractivity contribution in [3.05, 3.63) is 35.6 Å². The summed E-state index contributed by atoms with van der Waals surface area (Å²) in [6.07, 6.45) is -0.505. The highest BCUT2D eigenvalue weighted by Crippen LogP contribution is 2.14. The first-order chi connectivity index (χ1) is 7.78. The molecular formula is C13H18FNO2. The van der Waals surface area contributed by atoms with E-state index in [1.807, 2.05) is 0 Å². The van der Waals surface area contributed by atoms with E-state index in [9.17, 15) is 9.18 Å². The Morgan fingerprint density at radius 3 is 2.59 bits per heavy atom. The van der Waals surface area contributed by atoms with E-state index in [0.717, 1.165) is 0 Å². The van der Waals surface area contributed by atoms with Crippen LogP contribution in [0.1, 0.15) is 39.3 Å². The lowest BCUT2D eigenvalue weighted by molar-refractivity contribution is 0.0508. The molecule has 1 atom stereocenters. The van der Waals surface area contributed by atoms with Gasteiger partial charge in [-0.2, -0.15) is 0 Å². The molecule has 0 bridgehead atoms. The fourth-order valence-corrected chi connectivity index (χ4v) is 1.34. The van der Waals surface area contributed by atoms with Gasteiger partial charge in [0.1, 0.15) is 11.4 Å². The van der Waals surface area contributed by atoms with Crippen molar-refractivity contribution < 1.29 is 13.9 Å². The average molecular weight is 239 g/mol. The van der Waals surface area contributed by atoms with Gasteiger partial charge < -0.3 is 10.1 Å². The third-order valence-corrected chi connectivity index (χ3v) is 2.08. The van der Waals surface area contributed by atoms with Crippen LogP contribution in [0.4, 0.5) is 9.18 Å². The van der Waals surface area contributed by atoms with E-state index in [0.29, 0.717) is 5.56 Å². The Bertz CT molecular complexity index is 399. The van der Waals surface area contributed by atoms with Crippen LogP contribution in [0.2, 0.25) is 0 Å².